The summed E-state index contributed by atoms with van der Waals surface area (Å²) in [6, 6.07) is 0. The van der Waals surface area contributed by atoms with Gasteiger partial charge in [-0.25, -0.2) is 12.7 Å². The van der Waals surface area contributed by atoms with Gasteiger partial charge in [0.1, 0.15) is 0 Å². The summed E-state index contributed by atoms with van der Waals surface area (Å²) < 4.78 is 25.1. The molecule has 1 heterocycles. The molecule has 1 saturated heterocycles. The lowest BCUT2D eigenvalue weighted by molar-refractivity contribution is -0.144. The fraction of sp³-hybridized carbons (Fsp3) is 0.938. The number of alkyl halides is 1. The fourth-order valence-corrected chi connectivity index (χ4v) is 8.06. The Morgan fingerprint density at radius 3 is 2.48 bits per heavy atom. The van der Waals surface area contributed by atoms with Crippen molar-refractivity contribution in [1.82, 2.24) is 9.62 Å². The summed E-state index contributed by atoms with van der Waals surface area (Å²) in [7, 11) is -3.08. The summed E-state index contributed by atoms with van der Waals surface area (Å²) in [5.74, 6) is 1.54. The molecule has 5 rings (SSSR count). The first-order valence-corrected chi connectivity index (χ1v) is 10.7. The fourth-order valence-electron chi connectivity index (χ4n) is 5.84. The molecule has 1 N–H and O–H groups in total. The van der Waals surface area contributed by atoms with Gasteiger partial charge >= 0.3 is 0 Å². The summed E-state index contributed by atoms with van der Waals surface area (Å²) in [5.41, 5.74) is -0.296. The lowest BCUT2D eigenvalue weighted by atomic mass is 9.49. The van der Waals surface area contributed by atoms with Crippen molar-refractivity contribution in [2.24, 2.45) is 17.3 Å². The van der Waals surface area contributed by atoms with Crippen LogP contribution in [0.4, 0.5) is 0 Å². The van der Waals surface area contributed by atoms with Crippen LogP contribution in [0.2, 0.25) is 0 Å². The van der Waals surface area contributed by atoms with Gasteiger partial charge in [0.25, 0.3) is 0 Å². The van der Waals surface area contributed by atoms with E-state index in [-0.39, 0.29) is 21.9 Å². The molecule has 5 aliphatic rings. The van der Waals surface area contributed by atoms with Gasteiger partial charge < -0.3 is 5.32 Å². The minimum Gasteiger partial charge on any atom is -0.354 e. The number of carbonyl (C=O) groups is 1. The van der Waals surface area contributed by atoms with Gasteiger partial charge in [0.05, 0.1) is 11.2 Å². The highest BCUT2D eigenvalue weighted by Crippen LogP contribution is 2.63. The third-order valence-corrected chi connectivity index (χ3v) is 8.72. The van der Waals surface area contributed by atoms with Crippen molar-refractivity contribution in [3.8, 4) is 0 Å². The van der Waals surface area contributed by atoms with Gasteiger partial charge in [0.15, 0.2) is 0 Å². The van der Waals surface area contributed by atoms with E-state index in [2.05, 4.69) is 5.32 Å². The predicted octanol–water partition coefficient (Wildman–Crippen LogP) is 1.72. The number of halogens is 1. The quantitative estimate of drug-likeness (QED) is 0.776. The van der Waals surface area contributed by atoms with Crippen LogP contribution in [-0.4, -0.2) is 48.9 Å². The average Bonchev–Trinajstić information content (AvgIpc) is 2.75. The number of amides is 1. The van der Waals surface area contributed by atoms with Crippen LogP contribution < -0.4 is 5.32 Å². The smallest absolute Gasteiger partial charge is 0.226 e. The maximum absolute atomic E-state index is 12.8. The number of hydrogen-bond donors (Lipinski definition) is 1. The van der Waals surface area contributed by atoms with Crippen molar-refractivity contribution in [1.29, 1.82) is 0 Å². The molecule has 2 unspecified atom stereocenters. The maximum atomic E-state index is 12.8. The van der Waals surface area contributed by atoms with E-state index in [0.717, 1.165) is 32.1 Å². The van der Waals surface area contributed by atoms with Gasteiger partial charge in [-0.05, 0) is 56.8 Å². The minimum absolute atomic E-state index is 0.105. The van der Waals surface area contributed by atoms with Gasteiger partial charge in [-0.15, -0.1) is 11.6 Å². The molecule has 5 fully saturated rings. The SMILES string of the molecule is O=C(NCCN1CCCS1(=O)=O)C12CC3CC(CC(Cl)(C3)C1)C2. The number of carbonyl (C=O) groups excluding carboxylic acids is 1. The predicted molar refractivity (Wildman–Crippen MR) is 88.7 cm³/mol. The van der Waals surface area contributed by atoms with Gasteiger partial charge in [-0.2, -0.15) is 0 Å². The molecule has 0 radical (unpaired) electrons. The van der Waals surface area contributed by atoms with Crippen molar-refractivity contribution in [2.45, 2.75) is 49.8 Å². The lowest BCUT2D eigenvalue weighted by Gasteiger charge is -2.59. The second kappa shape index (κ2) is 5.33. The first kappa shape index (κ1) is 16.2. The first-order valence-electron chi connectivity index (χ1n) is 8.75. The van der Waals surface area contributed by atoms with E-state index in [9.17, 15) is 13.2 Å². The summed E-state index contributed by atoms with van der Waals surface area (Å²) in [6.45, 7) is 1.38. The van der Waals surface area contributed by atoms with Crippen molar-refractivity contribution < 1.29 is 13.2 Å². The second-order valence-corrected chi connectivity index (χ2v) is 11.1. The summed E-state index contributed by atoms with van der Waals surface area (Å²) >= 11 is 6.77. The standard InChI is InChI=1S/C16H25ClN2O3S/c17-16-9-12-6-13(10-16)8-15(7-12,11-16)14(20)18-2-4-19-3-1-5-23(19,21)22/h12-13H,1-11H2,(H,18,20). The molecule has 0 aromatic heterocycles. The molecule has 4 aliphatic carbocycles. The third-order valence-electron chi connectivity index (χ3n) is 6.32. The highest BCUT2D eigenvalue weighted by molar-refractivity contribution is 7.89. The molecule has 1 amide bonds. The van der Waals surface area contributed by atoms with Crippen LogP contribution in [0.15, 0.2) is 0 Å². The van der Waals surface area contributed by atoms with E-state index in [4.69, 9.17) is 11.6 Å². The summed E-state index contributed by atoms with van der Waals surface area (Å²) in [5, 5.41) is 3.02. The Labute approximate surface area is 143 Å². The van der Waals surface area contributed by atoms with Crippen LogP contribution in [-0.2, 0) is 14.8 Å². The van der Waals surface area contributed by atoms with Crippen molar-refractivity contribution >= 4 is 27.5 Å². The van der Waals surface area contributed by atoms with Gasteiger partial charge in [0.2, 0.25) is 15.9 Å². The highest BCUT2D eigenvalue weighted by atomic mass is 35.5. The van der Waals surface area contributed by atoms with Crippen LogP contribution >= 0.6 is 11.6 Å². The van der Waals surface area contributed by atoms with Gasteiger partial charge in [0, 0.05) is 24.5 Å². The molecule has 0 spiro atoms. The molecule has 130 valence electrons. The number of nitrogens with zero attached hydrogens (tertiary/aromatic N) is 1. The van der Waals surface area contributed by atoms with Crippen molar-refractivity contribution in [3.05, 3.63) is 0 Å². The molecule has 0 aromatic rings. The molecule has 1 aliphatic heterocycles. The van der Waals surface area contributed by atoms with E-state index in [1.807, 2.05) is 0 Å². The molecular formula is C16H25ClN2O3S. The van der Waals surface area contributed by atoms with Crippen LogP contribution in [0.5, 0.6) is 0 Å². The first-order chi connectivity index (χ1) is 10.8. The number of rotatable bonds is 4. The monoisotopic (exact) mass is 360 g/mol. The Morgan fingerprint density at radius 2 is 1.91 bits per heavy atom. The molecular weight excluding hydrogens is 336 g/mol. The van der Waals surface area contributed by atoms with Crippen LogP contribution in [0, 0.1) is 17.3 Å². The largest absolute Gasteiger partial charge is 0.354 e. The van der Waals surface area contributed by atoms with E-state index in [1.165, 1.54) is 10.7 Å². The zero-order valence-corrected chi connectivity index (χ0v) is 15.0. The van der Waals surface area contributed by atoms with Gasteiger partial charge in [-0.1, -0.05) is 0 Å². The molecule has 0 aromatic carbocycles. The molecule has 4 saturated carbocycles. The van der Waals surface area contributed by atoms with Crippen LogP contribution in [0.3, 0.4) is 0 Å². The van der Waals surface area contributed by atoms with Crippen LogP contribution in [0.1, 0.15) is 44.9 Å². The Kier molecular flexibility index (Phi) is 3.75. The Bertz CT molecular complexity index is 607. The molecule has 2 atom stereocenters. The van der Waals surface area contributed by atoms with Gasteiger partial charge in [-0.3, -0.25) is 4.79 Å². The molecule has 23 heavy (non-hydrogen) atoms. The van der Waals surface area contributed by atoms with E-state index >= 15 is 0 Å². The number of sulfonamides is 1. The molecule has 5 nitrogen and oxygen atoms in total. The Balaban J connectivity index is 1.38. The second-order valence-electron chi connectivity index (χ2n) is 8.22. The minimum atomic E-state index is -3.08. The van der Waals surface area contributed by atoms with Crippen LogP contribution in [0.25, 0.3) is 0 Å². The zero-order valence-electron chi connectivity index (χ0n) is 13.4. The molecule has 7 heteroatoms. The number of hydrogen-bond acceptors (Lipinski definition) is 3. The normalized spacial score (nSPS) is 44.6. The zero-order chi connectivity index (χ0) is 16.3. The number of nitrogens with one attached hydrogen (secondary N) is 1. The van der Waals surface area contributed by atoms with E-state index < -0.39 is 10.0 Å². The van der Waals surface area contributed by atoms with Crippen molar-refractivity contribution in [3.63, 3.8) is 0 Å². The summed E-state index contributed by atoms with van der Waals surface area (Å²) in [6.07, 6.45) is 6.77. The maximum Gasteiger partial charge on any atom is 0.226 e. The Hall–Kier alpha value is -0.330. The van der Waals surface area contributed by atoms with Crippen molar-refractivity contribution in [2.75, 3.05) is 25.4 Å². The Morgan fingerprint density at radius 1 is 1.22 bits per heavy atom. The van der Waals surface area contributed by atoms with E-state index in [0.29, 0.717) is 37.9 Å². The third kappa shape index (κ3) is 2.81. The lowest BCUT2D eigenvalue weighted by Crippen LogP contribution is -2.58. The topological polar surface area (TPSA) is 66.5 Å². The summed E-state index contributed by atoms with van der Waals surface area (Å²) in [4.78, 5) is 12.7. The molecule has 4 bridgehead atoms. The van der Waals surface area contributed by atoms with E-state index in [1.54, 1.807) is 0 Å². The average molecular weight is 361 g/mol. The highest BCUT2D eigenvalue weighted by Gasteiger charge is 2.59.